The first-order valence-corrected chi connectivity index (χ1v) is 15.0. The van der Waals surface area contributed by atoms with E-state index in [1.807, 2.05) is 30.3 Å². The van der Waals surface area contributed by atoms with Crippen LogP contribution in [0.25, 0.3) is 11.0 Å². The van der Waals surface area contributed by atoms with E-state index in [9.17, 15) is 8.42 Å². The molecule has 0 spiro atoms. The lowest BCUT2D eigenvalue weighted by atomic mass is 9.94. The Labute approximate surface area is 226 Å². The predicted octanol–water partition coefficient (Wildman–Crippen LogP) is 4.42. The molecule has 2 aliphatic rings. The van der Waals surface area contributed by atoms with Crippen LogP contribution < -0.4 is 4.31 Å². The van der Waals surface area contributed by atoms with Crippen LogP contribution in [0.5, 0.6) is 0 Å². The van der Waals surface area contributed by atoms with Crippen LogP contribution in [0.15, 0.2) is 47.4 Å². The fourth-order valence-electron chi connectivity index (χ4n) is 5.34. The molecule has 0 unspecified atom stereocenters. The predicted molar refractivity (Wildman–Crippen MR) is 150 cm³/mol. The Morgan fingerprint density at radius 3 is 2.29 bits per heavy atom. The average Bonchev–Trinajstić information content (AvgIpc) is 3.28. The van der Waals surface area contributed by atoms with Gasteiger partial charge < -0.3 is 14.0 Å². The van der Waals surface area contributed by atoms with Crippen molar-refractivity contribution in [3.05, 3.63) is 53.9 Å². The standard InChI is InChI=1S/C29H40N4O4S/c1-29(2,3)28-30-26-19-24(7-10-27(26)33(28)21-23-11-15-36-16-12-23)31(4)38(34,35)25-8-5-22(6-9-25)20-32-13-17-37-18-14-32/h5-10,19,23H,11-18,20-21H2,1-4H3. The quantitative estimate of drug-likeness (QED) is 0.442. The van der Waals surface area contributed by atoms with Crippen molar-refractivity contribution in [1.82, 2.24) is 14.5 Å². The number of anilines is 1. The second-order valence-electron chi connectivity index (χ2n) is 11.5. The van der Waals surface area contributed by atoms with E-state index in [1.54, 1.807) is 19.2 Å². The summed E-state index contributed by atoms with van der Waals surface area (Å²) in [5, 5.41) is 0. The molecule has 5 rings (SSSR count). The number of imidazole rings is 1. The molecule has 38 heavy (non-hydrogen) atoms. The number of hydrogen-bond acceptors (Lipinski definition) is 6. The normalized spacial score (nSPS) is 18.2. The summed E-state index contributed by atoms with van der Waals surface area (Å²) in [6.45, 7) is 13.1. The van der Waals surface area contributed by atoms with Crippen molar-refractivity contribution in [2.24, 2.45) is 5.92 Å². The Bertz CT molecular complexity index is 1350. The summed E-state index contributed by atoms with van der Waals surface area (Å²) in [6.07, 6.45) is 2.10. The van der Waals surface area contributed by atoms with E-state index >= 15 is 0 Å². The Kier molecular flexibility index (Phi) is 7.82. The SMILES string of the molecule is CN(c1ccc2c(c1)nc(C(C)(C)C)n2CC1CCOCC1)S(=O)(=O)c1ccc(CN2CCOCC2)cc1. The highest BCUT2D eigenvalue weighted by atomic mass is 32.2. The Balaban J connectivity index is 1.39. The van der Waals surface area contributed by atoms with Gasteiger partial charge >= 0.3 is 0 Å². The first-order chi connectivity index (χ1) is 18.1. The first-order valence-electron chi connectivity index (χ1n) is 13.6. The Morgan fingerprint density at radius 2 is 1.63 bits per heavy atom. The van der Waals surface area contributed by atoms with Gasteiger partial charge in [0.2, 0.25) is 0 Å². The average molecular weight is 541 g/mol. The van der Waals surface area contributed by atoms with Gasteiger partial charge in [0.25, 0.3) is 10.0 Å². The Hall–Kier alpha value is -2.46. The Morgan fingerprint density at radius 1 is 0.974 bits per heavy atom. The van der Waals surface area contributed by atoms with Crippen LogP contribution >= 0.6 is 0 Å². The number of morpholine rings is 1. The number of hydrogen-bond donors (Lipinski definition) is 0. The van der Waals surface area contributed by atoms with E-state index in [1.165, 1.54) is 4.31 Å². The highest BCUT2D eigenvalue weighted by Gasteiger charge is 2.27. The van der Waals surface area contributed by atoms with Gasteiger partial charge in [-0.05, 0) is 54.7 Å². The highest BCUT2D eigenvalue weighted by Crippen LogP contribution is 2.32. The fraction of sp³-hybridized carbons (Fsp3) is 0.552. The molecule has 9 heteroatoms. The molecule has 0 atom stereocenters. The number of benzene rings is 2. The highest BCUT2D eigenvalue weighted by molar-refractivity contribution is 7.92. The molecule has 2 aromatic carbocycles. The molecule has 3 aromatic rings. The zero-order valence-corrected chi connectivity index (χ0v) is 23.8. The van der Waals surface area contributed by atoms with E-state index in [2.05, 4.69) is 30.2 Å². The summed E-state index contributed by atoms with van der Waals surface area (Å²) in [5.41, 5.74) is 3.43. The van der Waals surface area contributed by atoms with E-state index in [0.717, 1.165) is 87.9 Å². The molecule has 8 nitrogen and oxygen atoms in total. The van der Waals surface area contributed by atoms with Crippen molar-refractivity contribution in [2.45, 2.75) is 57.0 Å². The number of aromatic nitrogens is 2. The summed E-state index contributed by atoms with van der Waals surface area (Å²) in [4.78, 5) is 7.62. The number of sulfonamides is 1. The topological polar surface area (TPSA) is 76.9 Å². The lowest BCUT2D eigenvalue weighted by molar-refractivity contribution is 0.0342. The van der Waals surface area contributed by atoms with Gasteiger partial charge in [0.1, 0.15) is 5.82 Å². The van der Waals surface area contributed by atoms with Crippen LogP contribution in [-0.2, 0) is 38.0 Å². The van der Waals surface area contributed by atoms with Crippen molar-refractivity contribution < 1.29 is 17.9 Å². The second-order valence-corrected chi connectivity index (χ2v) is 13.5. The minimum atomic E-state index is -3.71. The van der Waals surface area contributed by atoms with Crippen molar-refractivity contribution in [2.75, 3.05) is 50.9 Å². The number of nitrogens with zero attached hydrogens (tertiary/aromatic N) is 4. The van der Waals surface area contributed by atoms with Crippen molar-refractivity contribution in [3.63, 3.8) is 0 Å². The lowest BCUT2D eigenvalue weighted by Gasteiger charge is -2.26. The second kappa shape index (κ2) is 11.0. The van der Waals surface area contributed by atoms with Crippen LogP contribution in [0.1, 0.15) is 45.0 Å². The third kappa shape index (κ3) is 5.76. The van der Waals surface area contributed by atoms with Gasteiger partial charge in [0.05, 0.1) is 34.8 Å². The van der Waals surface area contributed by atoms with Crippen molar-refractivity contribution >= 4 is 26.7 Å². The minimum Gasteiger partial charge on any atom is -0.381 e. The van der Waals surface area contributed by atoms with Crippen molar-refractivity contribution in [1.29, 1.82) is 0 Å². The van der Waals surface area contributed by atoms with Gasteiger partial charge in [0.15, 0.2) is 0 Å². The zero-order valence-electron chi connectivity index (χ0n) is 23.0. The summed E-state index contributed by atoms with van der Waals surface area (Å²) >= 11 is 0. The first kappa shape index (κ1) is 27.1. The molecule has 3 heterocycles. The van der Waals surface area contributed by atoms with Crippen molar-refractivity contribution in [3.8, 4) is 0 Å². The van der Waals surface area contributed by atoms with E-state index in [4.69, 9.17) is 14.5 Å². The van der Waals surface area contributed by atoms with Crippen LogP contribution in [0.4, 0.5) is 5.69 Å². The molecule has 2 aliphatic heterocycles. The van der Waals surface area contributed by atoms with Crippen LogP contribution in [0.2, 0.25) is 0 Å². The van der Waals surface area contributed by atoms with Gasteiger partial charge in [-0.1, -0.05) is 32.9 Å². The maximum Gasteiger partial charge on any atom is 0.264 e. The number of rotatable bonds is 7. The van der Waals surface area contributed by atoms with Gasteiger partial charge in [0, 0.05) is 51.9 Å². The molecule has 1 aromatic heterocycles. The molecule has 0 aliphatic carbocycles. The molecule has 206 valence electrons. The summed E-state index contributed by atoms with van der Waals surface area (Å²) < 4.78 is 41.7. The van der Waals surface area contributed by atoms with E-state index in [-0.39, 0.29) is 10.3 Å². The maximum atomic E-state index is 13.5. The van der Waals surface area contributed by atoms with Gasteiger partial charge in [-0.2, -0.15) is 0 Å². The zero-order chi connectivity index (χ0) is 26.9. The molecule has 0 radical (unpaired) electrons. The number of ether oxygens (including phenoxy) is 2. The van der Waals surface area contributed by atoms with Crippen LogP contribution in [0.3, 0.4) is 0 Å². The minimum absolute atomic E-state index is 0.134. The molecule has 0 saturated carbocycles. The molecule has 0 amide bonds. The third-order valence-electron chi connectivity index (χ3n) is 7.64. The number of fused-ring (bicyclic) bond motifs is 1. The summed E-state index contributed by atoms with van der Waals surface area (Å²) in [7, 11) is -2.10. The molecule has 0 bridgehead atoms. The molecule has 2 fully saturated rings. The smallest absolute Gasteiger partial charge is 0.264 e. The van der Waals surface area contributed by atoms with E-state index < -0.39 is 10.0 Å². The van der Waals surface area contributed by atoms with Gasteiger partial charge in [-0.15, -0.1) is 0 Å². The van der Waals surface area contributed by atoms with Crippen LogP contribution in [0, 0.1) is 5.92 Å². The largest absolute Gasteiger partial charge is 0.381 e. The molecular formula is C29H40N4O4S. The molecular weight excluding hydrogens is 500 g/mol. The van der Waals surface area contributed by atoms with Gasteiger partial charge in [-0.25, -0.2) is 13.4 Å². The summed E-state index contributed by atoms with van der Waals surface area (Å²) in [6, 6.07) is 13.0. The van der Waals surface area contributed by atoms with Crippen LogP contribution in [-0.4, -0.2) is 69.4 Å². The molecule has 0 N–H and O–H groups in total. The monoisotopic (exact) mass is 540 g/mol. The third-order valence-corrected chi connectivity index (χ3v) is 9.44. The fourth-order valence-corrected chi connectivity index (χ4v) is 6.53. The van der Waals surface area contributed by atoms with Gasteiger partial charge in [-0.3, -0.25) is 9.21 Å². The maximum absolute atomic E-state index is 13.5. The van der Waals surface area contributed by atoms with E-state index in [0.29, 0.717) is 11.6 Å². The molecule has 2 saturated heterocycles. The summed E-state index contributed by atoms with van der Waals surface area (Å²) in [5.74, 6) is 1.58. The lowest BCUT2D eigenvalue weighted by Crippen LogP contribution is -2.35.